The SMILES string of the molecule is Cc1cc(S(=O)(=O)Nc2ccc(Nc3cc(Nc4ccccn4)ncn3)cc2)c(Cl)cc1Cl. The van der Waals surface area contributed by atoms with E-state index in [-0.39, 0.29) is 9.92 Å². The summed E-state index contributed by atoms with van der Waals surface area (Å²) in [5, 5.41) is 6.70. The van der Waals surface area contributed by atoms with Gasteiger partial charge in [0.25, 0.3) is 10.0 Å². The lowest BCUT2D eigenvalue weighted by Crippen LogP contribution is -2.13. The Bertz CT molecular complexity index is 1380. The second-order valence-corrected chi connectivity index (χ2v) is 9.43. The van der Waals surface area contributed by atoms with Gasteiger partial charge in [0, 0.05) is 28.7 Å². The van der Waals surface area contributed by atoms with Gasteiger partial charge >= 0.3 is 0 Å². The third kappa shape index (κ3) is 5.70. The Morgan fingerprint density at radius 1 is 0.758 bits per heavy atom. The molecule has 11 heteroatoms. The Balaban J connectivity index is 1.46. The van der Waals surface area contributed by atoms with Gasteiger partial charge in [0.2, 0.25) is 0 Å². The Hall–Kier alpha value is -3.40. The monoisotopic (exact) mass is 500 g/mol. The van der Waals surface area contributed by atoms with Gasteiger partial charge < -0.3 is 10.6 Å². The largest absolute Gasteiger partial charge is 0.340 e. The second-order valence-electron chi connectivity index (χ2n) is 6.97. The summed E-state index contributed by atoms with van der Waals surface area (Å²) in [5.74, 6) is 1.79. The number of rotatable bonds is 7. The number of pyridine rings is 1. The molecule has 0 unspecified atom stereocenters. The maximum Gasteiger partial charge on any atom is 0.263 e. The lowest BCUT2D eigenvalue weighted by Gasteiger charge is -2.12. The number of nitrogens with one attached hydrogen (secondary N) is 3. The summed E-state index contributed by atoms with van der Waals surface area (Å²) < 4.78 is 28.1. The summed E-state index contributed by atoms with van der Waals surface area (Å²) in [4.78, 5) is 12.5. The van der Waals surface area contributed by atoms with E-state index in [0.29, 0.717) is 39.4 Å². The Morgan fingerprint density at radius 2 is 1.45 bits per heavy atom. The molecule has 33 heavy (non-hydrogen) atoms. The fourth-order valence-corrected chi connectivity index (χ4v) is 4.77. The van der Waals surface area contributed by atoms with Crippen LogP contribution in [0.4, 0.5) is 28.8 Å². The van der Waals surface area contributed by atoms with Gasteiger partial charge in [-0.25, -0.2) is 23.4 Å². The second kappa shape index (κ2) is 9.62. The molecule has 0 saturated heterocycles. The van der Waals surface area contributed by atoms with Crippen LogP contribution in [0.2, 0.25) is 10.0 Å². The summed E-state index contributed by atoms with van der Waals surface area (Å²) in [5.41, 5.74) is 1.70. The summed E-state index contributed by atoms with van der Waals surface area (Å²) in [6.07, 6.45) is 3.11. The van der Waals surface area contributed by atoms with Crippen molar-refractivity contribution in [3.05, 3.63) is 88.8 Å². The molecular weight excluding hydrogens is 483 g/mol. The summed E-state index contributed by atoms with van der Waals surface area (Å²) in [6.45, 7) is 1.71. The van der Waals surface area contributed by atoms with Crippen LogP contribution in [-0.2, 0) is 10.0 Å². The van der Waals surface area contributed by atoms with E-state index in [9.17, 15) is 8.42 Å². The first-order valence-corrected chi connectivity index (χ1v) is 11.9. The smallest absolute Gasteiger partial charge is 0.263 e. The number of nitrogens with zero attached hydrogens (tertiary/aromatic N) is 3. The van der Waals surface area contributed by atoms with E-state index in [1.165, 1.54) is 18.5 Å². The molecule has 2 aromatic heterocycles. The van der Waals surface area contributed by atoms with Crippen LogP contribution < -0.4 is 15.4 Å². The van der Waals surface area contributed by atoms with Gasteiger partial charge in [-0.15, -0.1) is 0 Å². The number of sulfonamides is 1. The molecule has 0 aliphatic heterocycles. The predicted molar refractivity (Wildman–Crippen MR) is 131 cm³/mol. The van der Waals surface area contributed by atoms with Gasteiger partial charge in [0.05, 0.1) is 5.02 Å². The zero-order valence-corrected chi connectivity index (χ0v) is 19.6. The average Bonchev–Trinajstić information content (AvgIpc) is 2.78. The van der Waals surface area contributed by atoms with Crippen molar-refractivity contribution < 1.29 is 8.42 Å². The molecule has 0 amide bonds. The molecule has 4 rings (SSSR count). The van der Waals surface area contributed by atoms with Crippen LogP contribution in [0.3, 0.4) is 0 Å². The third-order valence-corrected chi connectivity index (χ3v) is 6.75. The number of anilines is 5. The Morgan fingerprint density at radius 3 is 2.15 bits per heavy atom. The first kappa shape index (κ1) is 22.8. The molecule has 8 nitrogen and oxygen atoms in total. The molecule has 4 aromatic rings. The van der Waals surface area contributed by atoms with Gasteiger partial charge in [-0.05, 0) is 61.0 Å². The highest BCUT2D eigenvalue weighted by Crippen LogP contribution is 2.30. The minimum absolute atomic E-state index is 0.0396. The predicted octanol–water partition coefficient (Wildman–Crippen LogP) is 5.77. The lowest BCUT2D eigenvalue weighted by molar-refractivity contribution is 0.601. The van der Waals surface area contributed by atoms with Gasteiger partial charge in [-0.3, -0.25) is 4.72 Å². The van der Waals surface area contributed by atoms with E-state index >= 15 is 0 Å². The molecule has 0 atom stereocenters. The van der Waals surface area contributed by atoms with Crippen LogP contribution >= 0.6 is 23.2 Å². The number of hydrogen-bond acceptors (Lipinski definition) is 7. The molecule has 0 aliphatic carbocycles. The molecule has 0 spiro atoms. The van der Waals surface area contributed by atoms with Crippen LogP contribution in [0.1, 0.15) is 5.56 Å². The minimum atomic E-state index is -3.89. The van der Waals surface area contributed by atoms with Gasteiger partial charge in [-0.2, -0.15) is 0 Å². The number of hydrogen-bond donors (Lipinski definition) is 3. The fraction of sp³-hybridized carbons (Fsp3) is 0.0455. The topological polar surface area (TPSA) is 109 Å². The van der Waals surface area contributed by atoms with Crippen LogP contribution in [0, 0.1) is 6.92 Å². The van der Waals surface area contributed by atoms with Crippen LogP contribution in [0.15, 0.2) is 78.1 Å². The lowest BCUT2D eigenvalue weighted by atomic mass is 10.2. The molecule has 3 N–H and O–H groups in total. The van der Waals surface area contributed by atoms with Gasteiger partial charge in [-0.1, -0.05) is 29.3 Å². The highest BCUT2D eigenvalue weighted by atomic mass is 35.5. The number of benzene rings is 2. The molecule has 168 valence electrons. The number of halogens is 2. The van der Waals surface area contributed by atoms with E-state index in [4.69, 9.17) is 23.2 Å². The fourth-order valence-electron chi connectivity index (χ4n) is 2.88. The van der Waals surface area contributed by atoms with E-state index in [2.05, 4.69) is 30.3 Å². The first-order valence-electron chi connectivity index (χ1n) is 9.66. The number of aryl methyl sites for hydroxylation is 1. The van der Waals surface area contributed by atoms with Crippen LogP contribution in [-0.4, -0.2) is 23.4 Å². The van der Waals surface area contributed by atoms with Crippen molar-refractivity contribution >= 4 is 62.1 Å². The van der Waals surface area contributed by atoms with Crippen molar-refractivity contribution in [1.82, 2.24) is 15.0 Å². The quantitative estimate of drug-likeness (QED) is 0.295. The normalized spacial score (nSPS) is 11.1. The molecule has 0 fully saturated rings. The third-order valence-electron chi connectivity index (χ3n) is 4.50. The molecule has 0 bridgehead atoms. The van der Waals surface area contributed by atoms with E-state index in [1.54, 1.807) is 43.5 Å². The first-order chi connectivity index (χ1) is 15.8. The van der Waals surface area contributed by atoms with Crippen molar-refractivity contribution in [2.75, 3.05) is 15.4 Å². The van der Waals surface area contributed by atoms with Crippen molar-refractivity contribution in [2.45, 2.75) is 11.8 Å². The maximum absolute atomic E-state index is 12.8. The highest BCUT2D eigenvalue weighted by molar-refractivity contribution is 7.92. The molecule has 2 heterocycles. The van der Waals surface area contributed by atoms with Crippen molar-refractivity contribution in [3.63, 3.8) is 0 Å². The van der Waals surface area contributed by atoms with Crippen LogP contribution in [0.5, 0.6) is 0 Å². The number of aromatic nitrogens is 3. The molecular formula is C22H18Cl2N6O2S. The minimum Gasteiger partial charge on any atom is -0.340 e. The molecule has 0 radical (unpaired) electrons. The molecule has 2 aromatic carbocycles. The summed E-state index contributed by atoms with van der Waals surface area (Å²) in [6, 6.07) is 16.8. The summed E-state index contributed by atoms with van der Waals surface area (Å²) in [7, 11) is -3.89. The van der Waals surface area contributed by atoms with Crippen molar-refractivity contribution in [2.24, 2.45) is 0 Å². The van der Waals surface area contributed by atoms with Crippen molar-refractivity contribution in [3.8, 4) is 0 Å². The van der Waals surface area contributed by atoms with E-state index in [1.807, 2.05) is 18.2 Å². The van der Waals surface area contributed by atoms with Crippen molar-refractivity contribution in [1.29, 1.82) is 0 Å². The Labute approximate surface area is 201 Å². The van der Waals surface area contributed by atoms with Crippen LogP contribution in [0.25, 0.3) is 0 Å². The van der Waals surface area contributed by atoms with E-state index < -0.39 is 10.0 Å². The molecule has 0 saturated carbocycles. The zero-order chi connectivity index (χ0) is 23.4. The standard InChI is InChI=1S/C22H18Cl2N6O2S/c1-14-10-19(18(24)11-17(14)23)33(31,32)30-16-7-5-15(6-8-16)28-21-12-22(27-13-26-21)29-20-4-2-3-9-25-20/h2-13,30H,1H3,(H2,25,26,27,28,29). The van der Waals surface area contributed by atoms with E-state index in [0.717, 1.165) is 0 Å². The molecule has 0 aliphatic rings. The Kier molecular flexibility index (Phi) is 6.64. The summed E-state index contributed by atoms with van der Waals surface area (Å²) >= 11 is 12.1. The zero-order valence-electron chi connectivity index (χ0n) is 17.3. The maximum atomic E-state index is 12.8. The highest BCUT2D eigenvalue weighted by Gasteiger charge is 2.19. The van der Waals surface area contributed by atoms with Gasteiger partial charge in [0.15, 0.2) is 0 Å². The average molecular weight is 501 g/mol. The van der Waals surface area contributed by atoms with Gasteiger partial charge in [0.1, 0.15) is 28.7 Å².